The van der Waals surface area contributed by atoms with E-state index in [4.69, 9.17) is 4.98 Å². The van der Waals surface area contributed by atoms with Gasteiger partial charge >= 0.3 is 0 Å². The van der Waals surface area contributed by atoms with E-state index in [2.05, 4.69) is 9.88 Å². The normalized spacial score (nSPS) is 21.4. The first-order valence-corrected chi connectivity index (χ1v) is 7.15. The summed E-state index contributed by atoms with van der Waals surface area (Å²) in [4.78, 5) is 4.80. The molecule has 2 N–H and O–H groups in total. The third kappa shape index (κ3) is 1.70. The largest absolute Gasteiger partial charge is 0.390 e. The van der Waals surface area contributed by atoms with Crippen molar-refractivity contribution in [3.8, 4) is 0 Å². The second-order valence-corrected chi connectivity index (χ2v) is 5.76. The molecule has 3 rings (SSSR count). The molecule has 4 heteroatoms. The molecular formula is C14H23N3O. The fraction of sp³-hybridized carbons (Fsp3) is 0.786. The van der Waals surface area contributed by atoms with Crippen LogP contribution < -0.4 is 5.32 Å². The zero-order valence-electron chi connectivity index (χ0n) is 11.2. The number of imidazole rings is 1. The first-order chi connectivity index (χ1) is 8.80. The summed E-state index contributed by atoms with van der Waals surface area (Å²) in [6.45, 7) is 2.18. The minimum Gasteiger partial charge on any atom is -0.390 e. The first kappa shape index (κ1) is 12.2. The van der Waals surface area contributed by atoms with Crippen LogP contribution in [0.1, 0.15) is 49.3 Å². The van der Waals surface area contributed by atoms with Crippen LogP contribution in [0.15, 0.2) is 0 Å². The highest BCUT2D eigenvalue weighted by atomic mass is 16.3. The van der Waals surface area contributed by atoms with Crippen molar-refractivity contribution in [3.63, 3.8) is 0 Å². The molecule has 0 bridgehead atoms. The van der Waals surface area contributed by atoms with Crippen LogP contribution in [0.5, 0.6) is 0 Å². The third-order valence-electron chi connectivity index (χ3n) is 4.65. The molecule has 1 aliphatic carbocycles. The van der Waals surface area contributed by atoms with Gasteiger partial charge in [-0.2, -0.15) is 0 Å². The predicted octanol–water partition coefficient (Wildman–Crippen LogP) is 1.35. The minimum absolute atomic E-state index is 0.0883. The lowest BCUT2D eigenvalue weighted by Gasteiger charge is -2.42. The van der Waals surface area contributed by atoms with Crippen molar-refractivity contribution < 1.29 is 5.11 Å². The Morgan fingerprint density at radius 3 is 2.78 bits per heavy atom. The summed E-state index contributed by atoms with van der Waals surface area (Å²) in [5, 5.41) is 12.8. The molecule has 0 radical (unpaired) electrons. The SMILES string of the molecule is CNCC1(c2nc(CO)c3n2CCCC3)CCC1. The summed E-state index contributed by atoms with van der Waals surface area (Å²) in [5.74, 6) is 1.24. The van der Waals surface area contributed by atoms with Gasteiger partial charge in [0, 0.05) is 24.2 Å². The van der Waals surface area contributed by atoms with E-state index < -0.39 is 0 Å². The monoisotopic (exact) mass is 249 g/mol. The molecular weight excluding hydrogens is 226 g/mol. The molecule has 18 heavy (non-hydrogen) atoms. The van der Waals surface area contributed by atoms with Crippen molar-refractivity contribution in [3.05, 3.63) is 17.2 Å². The lowest BCUT2D eigenvalue weighted by atomic mass is 9.68. The number of hydrogen-bond acceptors (Lipinski definition) is 3. The summed E-state index contributed by atoms with van der Waals surface area (Å²) in [5.41, 5.74) is 2.45. The predicted molar refractivity (Wildman–Crippen MR) is 70.5 cm³/mol. The van der Waals surface area contributed by atoms with Gasteiger partial charge in [-0.3, -0.25) is 0 Å². The van der Waals surface area contributed by atoms with E-state index in [1.807, 2.05) is 7.05 Å². The van der Waals surface area contributed by atoms with Crippen LogP contribution in [0.4, 0.5) is 0 Å². The van der Waals surface area contributed by atoms with Crippen molar-refractivity contribution in [2.75, 3.05) is 13.6 Å². The number of aromatic nitrogens is 2. The van der Waals surface area contributed by atoms with Gasteiger partial charge in [0.1, 0.15) is 5.82 Å². The Bertz CT molecular complexity index is 434. The van der Waals surface area contributed by atoms with Crippen molar-refractivity contribution in [2.24, 2.45) is 0 Å². The molecule has 0 spiro atoms. The Morgan fingerprint density at radius 2 is 2.17 bits per heavy atom. The van der Waals surface area contributed by atoms with Crippen molar-refractivity contribution in [2.45, 2.75) is 57.1 Å². The Morgan fingerprint density at radius 1 is 1.33 bits per heavy atom. The molecule has 0 unspecified atom stereocenters. The average molecular weight is 249 g/mol. The lowest BCUT2D eigenvalue weighted by molar-refractivity contribution is 0.214. The number of fused-ring (bicyclic) bond motifs is 1. The highest BCUT2D eigenvalue weighted by Crippen LogP contribution is 2.44. The summed E-state index contributed by atoms with van der Waals surface area (Å²) in [7, 11) is 2.02. The number of nitrogens with one attached hydrogen (secondary N) is 1. The zero-order valence-corrected chi connectivity index (χ0v) is 11.2. The molecule has 1 aromatic rings. The number of aliphatic hydroxyl groups excluding tert-OH is 1. The van der Waals surface area contributed by atoms with Crippen LogP contribution in [0, 0.1) is 0 Å². The molecule has 1 aliphatic heterocycles. The quantitative estimate of drug-likeness (QED) is 0.847. The number of aliphatic hydroxyl groups is 1. The summed E-state index contributed by atoms with van der Waals surface area (Å²) >= 11 is 0. The van der Waals surface area contributed by atoms with Gasteiger partial charge in [0.05, 0.1) is 12.3 Å². The Kier molecular flexibility index (Phi) is 3.16. The first-order valence-electron chi connectivity index (χ1n) is 7.15. The van der Waals surface area contributed by atoms with E-state index in [-0.39, 0.29) is 12.0 Å². The zero-order chi connectivity index (χ0) is 12.6. The van der Waals surface area contributed by atoms with E-state index in [0.717, 1.165) is 25.2 Å². The van der Waals surface area contributed by atoms with Crippen LogP contribution in [0.3, 0.4) is 0 Å². The van der Waals surface area contributed by atoms with Gasteiger partial charge in [0.2, 0.25) is 0 Å². The fourth-order valence-electron chi connectivity index (χ4n) is 3.57. The van der Waals surface area contributed by atoms with Crippen LogP contribution in [0.25, 0.3) is 0 Å². The maximum atomic E-state index is 9.50. The van der Waals surface area contributed by atoms with Gasteiger partial charge in [-0.25, -0.2) is 4.98 Å². The fourth-order valence-corrected chi connectivity index (χ4v) is 3.57. The highest BCUT2D eigenvalue weighted by Gasteiger charge is 2.43. The van der Waals surface area contributed by atoms with Crippen molar-refractivity contribution >= 4 is 0 Å². The summed E-state index contributed by atoms with van der Waals surface area (Å²) in [6.07, 6.45) is 7.33. The second kappa shape index (κ2) is 4.67. The summed E-state index contributed by atoms with van der Waals surface area (Å²) in [6, 6.07) is 0. The number of likely N-dealkylation sites (N-methyl/N-ethyl adjacent to an activating group) is 1. The van der Waals surface area contributed by atoms with Crippen molar-refractivity contribution in [1.82, 2.24) is 14.9 Å². The van der Waals surface area contributed by atoms with E-state index in [9.17, 15) is 5.11 Å². The molecule has 0 saturated heterocycles. The van der Waals surface area contributed by atoms with E-state index >= 15 is 0 Å². The maximum Gasteiger partial charge on any atom is 0.116 e. The van der Waals surface area contributed by atoms with Crippen molar-refractivity contribution in [1.29, 1.82) is 0 Å². The molecule has 4 nitrogen and oxygen atoms in total. The molecule has 0 amide bonds. The lowest BCUT2D eigenvalue weighted by Crippen LogP contribution is -2.45. The molecule has 1 aromatic heterocycles. The van der Waals surface area contributed by atoms with E-state index in [1.165, 1.54) is 43.6 Å². The van der Waals surface area contributed by atoms with Crippen LogP contribution in [0.2, 0.25) is 0 Å². The van der Waals surface area contributed by atoms with Gasteiger partial charge < -0.3 is 15.0 Å². The smallest absolute Gasteiger partial charge is 0.116 e. The average Bonchev–Trinajstić information content (AvgIpc) is 2.73. The Hall–Kier alpha value is -0.870. The molecule has 1 fully saturated rings. The second-order valence-electron chi connectivity index (χ2n) is 5.76. The van der Waals surface area contributed by atoms with E-state index in [1.54, 1.807) is 0 Å². The topological polar surface area (TPSA) is 50.1 Å². The van der Waals surface area contributed by atoms with Gasteiger partial charge in [0.25, 0.3) is 0 Å². The van der Waals surface area contributed by atoms with Crippen LogP contribution >= 0.6 is 0 Å². The Labute approximate surface area is 108 Å². The highest BCUT2D eigenvalue weighted by molar-refractivity contribution is 5.26. The maximum absolute atomic E-state index is 9.50. The molecule has 0 aromatic carbocycles. The van der Waals surface area contributed by atoms with Gasteiger partial charge in [0.15, 0.2) is 0 Å². The molecule has 0 atom stereocenters. The minimum atomic E-state index is 0.0883. The molecule has 2 heterocycles. The van der Waals surface area contributed by atoms with Crippen LogP contribution in [-0.2, 0) is 25.0 Å². The number of nitrogens with zero attached hydrogens (tertiary/aromatic N) is 2. The van der Waals surface area contributed by atoms with Gasteiger partial charge in [-0.1, -0.05) is 6.42 Å². The molecule has 100 valence electrons. The molecule has 2 aliphatic rings. The summed E-state index contributed by atoms with van der Waals surface area (Å²) < 4.78 is 2.41. The standard InChI is InChI=1S/C14H23N3O/c1-15-10-14(6-4-7-14)13-16-11(9-18)12-5-2-3-8-17(12)13/h15,18H,2-10H2,1H3. The number of hydrogen-bond donors (Lipinski definition) is 2. The Balaban J connectivity index is 2.03. The third-order valence-corrected chi connectivity index (χ3v) is 4.65. The number of rotatable bonds is 4. The van der Waals surface area contributed by atoms with Gasteiger partial charge in [-0.15, -0.1) is 0 Å². The van der Waals surface area contributed by atoms with Crippen LogP contribution in [-0.4, -0.2) is 28.3 Å². The molecule has 1 saturated carbocycles. The van der Waals surface area contributed by atoms with Gasteiger partial charge in [-0.05, 0) is 39.2 Å². The van der Waals surface area contributed by atoms with E-state index in [0.29, 0.717) is 0 Å².